The number of rotatable bonds is 8. The van der Waals surface area contributed by atoms with Gasteiger partial charge in [0, 0.05) is 6.04 Å². The van der Waals surface area contributed by atoms with E-state index in [2.05, 4.69) is 43.2 Å². The van der Waals surface area contributed by atoms with E-state index in [1.54, 1.807) is 0 Å². The average Bonchev–Trinajstić information content (AvgIpc) is 2.34. The molecule has 0 bridgehead atoms. The lowest BCUT2D eigenvalue weighted by Gasteiger charge is -2.15. The van der Waals surface area contributed by atoms with Crippen LogP contribution in [0.25, 0.3) is 0 Å². The van der Waals surface area contributed by atoms with Crippen molar-refractivity contribution in [3.8, 4) is 0 Å². The Hall–Kier alpha value is -1.12. The van der Waals surface area contributed by atoms with Crippen molar-refractivity contribution in [2.45, 2.75) is 45.1 Å². The van der Waals surface area contributed by atoms with Crippen LogP contribution in [0.4, 0.5) is 0 Å². The topological polar surface area (TPSA) is 38.0 Å². The molecule has 17 heavy (non-hydrogen) atoms. The van der Waals surface area contributed by atoms with Crippen molar-refractivity contribution in [2.24, 2.45) is 5.84 Å². The van der Waals surface area contributed by atoms with Gasteiger partial charge in [-0.1, -0.05) is 35.9 Å². The highest BCUT2D eigenvalue weighted by Gasteiger charge is 2.06. The third-order valence-electron chi connectivity index (χ3n) is 3.06. The molecule has 0 aliphatic rings. The minimum absolute atomic E-state index is 0.412. The largest absolute Gasteiger partial charge is 0.271 e. The van der Waals surface area contributed by atoms with Crippen LogP contribution in [-0.4, -0.2) is 6.04 Å². The average molecular weight is 232 g/mol. The van der Waals surface area contributed by atoms with Crippen molar-refractivity contribution in [1.82, 2.24) is 5.43 Å². The van der Waals surface area contributed by atoms with Gasteiger partial charge in [0.25, 0.3) is 0 Å². The zero-order chi connectivity index (χ0) is 12.5. The molecule has 1 aromatic rings. The van der Waals surface area contributed by atoms with E-state index in [1.807, 2.05) is 6.08 Å². The second-order valence-corrected chi connectivity index (χ2v) is 4.61. The maximum Gasteiger partial charge on any atom is 0.0213 e. The maximum absolute atomic E-state index is 5.57. The standard InChI is InChI=1S/C15H24N2/c1-3-4-5-9-15(17-16)11-10-14-8-6-7-13(2)12-14/h3,6-8,12,15,17H,1,4-5,9-11,16H2,2H3. The van der Waals surface area contributed by atoms with E-state index in [9.17, 15) is 0 Å². The van der Waals surface area contributed by atoms with Crippen LogP contribution in [0.5, 0.6) is 0 Å². The fraction of sp³-hybridized carbons (Fsp3) is 0.467. The van der Waals surface area contributed by atoms with Crippen molar-refractivity contribution >= 4 is 0 Å². The van der Waals surface area contributed by atoms with Gasteiger partial charge < -0.3 is 0 Å². The van der Waals surface area contributed by atoms with Gasteiger partial charge in [0.2, 0.25) is 0 Å². The number of aryl methyl sites for hydroxylation is 2. The molecule has 94 valence electrons. The van der Waals surface area contributed by atoms with Crippen molar-refractivity contribution < 1.29 is 0 Å². The summed E-state index contributed by atoms with van der Waals surface area (Å²) in [6.45, 7) is 5.87. The summed E-state index contributed by atoms with van der Waals surface area (Å²) in [6, 6.07) is 9.09. The second kappa shape index (κ2) is 8.04. The van der Waals surface area contributed by atoms with Gasteiger partial charge >= 0.3 is 0 Å². The van der Waals surface area contributed by atoms with Gasteiger partial charge in [0.1, 0.15) is 0 Å². The van der Waals surface area contributed by atoms with Crippen LogP contribution in [0.3, 0.4) is 0 Å². The molecule has 0 radical (unpaired) electrons. The molecular formula is C15H24N2. The number of nitrogens with two attached hydrogens (primary N) is 1. The number of hydrogen-bond donors (Lipinski definition) is 2. The second-order valence-electron chi connectivity index (χ2n) is 4.61. The number of hydrazine groups is 1. The molecule has 0 saturated heterocycles. The first kappa shape index (κ1) is 13.9. The summed E-state index contributed by atoms with van der Waals surface area (Å²) in [6.07, 6.45) is 7.50. The predicted molar refractivity (Wildman–Crippen MR) is 74.7 cm³/mol. The fourth-order valence-corrected chi connectivity index (χ4v) is 2.03. The third kappa shape index (κ3) is 5.66. The van der Waals surface area contributed by atoms with E-state index in [4.69, 9.17) is 5.84 Å². The number of unbranched alkanes of at least 4 members (excludes halogenated alkanes) is 1. The van der Waals surface area contributed by atoms with Crippen molar-refractivity contribution in [1.29, 1.82) is 0 Å². The monoisotopic (exact) mass is 232 g/mol. The van der Waals surface area contributed by atoms with Gasteiger partial charge in [-0.05, 0) is 44.6 Å². The van der Waals surface area contributed by atoms with Gasteiger partial charge in [0.05, 0.1) is 0 Å². The summed E-state index contributed by atoms with van der Waals surface area (Å²) in [5, 5.41) is 0. The zero-order valence-corrected chi connectivity index (χ0v) is 10.8. The first-order valence-electron chi connectivity index (χ1n) is 6.39. The summed E-state index contributed by atoms with van der Waals surface area (Å²) >= 11 is 0. The van der Waals surface area contributed by atoms with Crippen LogP contribution >= 0.6 is 0 Å². The Bertz CT molecular complexity index is 333. The summed E-state index contributed by atoms with van der Waals surface area (Å²) in [5.74, 6) is 5.57. The van der Waals surface area contributed by atoms with E-state index in [0.717, 1.165) is 32.1 Å². The molecule has 0 fully saturated rings. The molecule has 1 unspecified atom stereocenters. The highest BCUT2D eigenvalue weighted by molar-refractivity contribution is 5.22. The first-order valence-corrected chi connectivity index (χ1v) is 6.39. The number of hydrogen-bond acceptors (Lipinski definition) is 2. The van der Waals surface area contributed by atoms with Gasteiger partial charge in [0.15, 0.2) is 0 Å². The van der Waals surface area contributed by atoms with Crippen LogP contribution in [-0.2, 0) is 6.42 Å². The van der Waals surface area contributed by atoms with Crippen molar-refractivity contribution in [2.75, 3.05) is 0 Å². The quantitative estimate of drug-likeness (QED) is 0.313. The lowest BCUT2D eigenvalue weighted by Crippen LogP contribution is -2.35. The van der Waals surface area contributed by atoms with E-state index < -0.39 is 0 Å². The summed E-state index contributed by atoms with van der Waals surface area (Å²) in [4.78, 5) is 0. The number of nitrogens with one attached hydrogen (secondary N) is 1. The Balaban J connectivity index is 2.34. The molecule has 1 aromatic carbocycles. The smallest absolute Gasteiger partial charge is 0.0213 e. The molecule has 0 amide bonds. The zero-order valence-electron chi connectivity index (χ0n) is 10.8. The lowest BCUT2D eigenvalue weighted by molar-refractivity contribution is 0.453. The van der Waals surface area contributed by atoms with Gasteiger partial charge in [-0.25, -0.2) is 0 Å². The molecule has 0 aliphatic carbocycles. The van der Waals surface area contributed by atoms with Crippen LogP contribution in [0.2, 0.25) is 0 Å². The summed E-state index contributed by atoms with van der Waals surface area (Å²) in [5.41, 5.74) is 5.63. The molecule has 0 aliphatic heterocycles. The van der Waals surface area contributed by atoms with Crippen molar-refractivity contribution in [3.05, 3.63) is 48.0 Å². The van der Waals surface area contributed by atoms with E-state index in [0.29, 0.717) is 6.04 Å². The van der Waals surface area contributed by atoms with Crippen LogP contribution in [0.1, 0.15) is 36.8 Å². The molecule has 0 saturated carbocycles. The fourth-order valence-electron chi connectivity index (χ4n) is 2.03. The van der Waals surface area contributed by atoms with E-state index >= 15 is 0 Å². The molecule has 0 aromatic heterocycles. The van der Waals surface area contributed by atoms with Gasteiger partial charge in [-0.2, -0.15) is 0 Å². The molecule has 3 N–H and O–H groups in total. The molecule has 0 heterocycles. The molecule has 1 atom stereocenters. The van der Waals surface area contributed by atoms with E-state index in [-0.39, 0.29) is 0 Å². The van der Waals surface area contributed by atoms with Gasteiger partial charge in [-0.15, -0.1) is 6.58 Å². The minimum Gasteiger partial charge on any atom is -0.271 e. The molecule has 1 rings (SSSR count). The molecule has 0 spiro atoms. The molecular weight excluding hydrogens is 208 g/mol. The van der Waals surface area contributed by atoms with Crippen LogP contribution in [0, 0.1) is 6.92 Å². The van der Waals surface area contributed by atoms with Crippen molar-refractivity contribution in [3.63, 3.8) is 0 Å². The first-order chi connectivity index (χ1) is 8.26. The highest BCUT2D eigenvalue weighted by Crippen LogP contribution is 2.11. The van der Waals surface area contributed by atoms with Crippen LogP contribution in [0.15, 0.2) is 36.9 Å². The number of allylic oxidation sites excluding steroid dienone is 1. The van der Waals surface area contributed by atoms with Gasteiger partial charge in [-0.3, -0.25) is 11.3 Å². The maximum atomic E-state index is 5.57. The summed E-state index contributed by atoms with van der Waals surface area (Å²) in [7, 11) is 0. The Labute approximate surface area is 105 Å². The number of benzene rings is 1. The molecule has 2 heteroatoms. The van der Waals surface area contributed by atoms with Crippen LogP contribution < -0.4 is 11.3 Å². The normalized spacial score (nSPS) is 12.4. The Morgan fingerprint density at radius 3 is 2.88 bits per heavy atom. The Morgan fingerprint density at radius 1 is 1.41 bits per heavy atom. The Morgan fingerprint density at radius 2 is 2.24 bits per heavy atom. The Kier molecular flexibility index (Phi) is 6.60. The highest BCUT2D eigenvalue weighted by atomic mass is 15.2. The lowest BCUT2D eigenvalue weighted by atomic mass is 10.0. The van der Waals surface area contributed by atoms with E-state index in [1.165, 1.54) is 11.1 Å². The predicted octanol–water partition coefficient (Wildman–Crippen LogP) is 3.12. The third-order valence-corrected chi connectivity index (χ3v) is 3.06. The minimum atomic E-state index is 0.412. The SMILES string of the molecule is C=CCCCC(CCc1cccc(C)c1)NN. The summed E-state index contributed by atoms with van der Waals surface area (Å²) < 4.78 is 0. The molecule has 2 nitrogen and oxygen atoms in total.